The molecule has 4 rings (SSSR count). The van der Waals surface area contributed by atoms with Gasteiger partial charge in [-0.25, -0.2) is 0 Å². The number of aliphatic hydroxyl groups is 4. The number of aromatic nitrogens is 2. The van der Waals surface area contributed by atoms with E-state index in [2.05, 4.69) is 10.2 Å². The molecule has 164 valence electrons. The first-order valence-corrected chi connectivity index (χ1v) is 10.3. The van der Waals surface area contributed by atoms with Crippen LogP contribution in [0, 0.1) is 6.92 Å². The molecule has 0 radical (unpaired) electrons. The molecular formula is C23H26N2O6. The molecule has 8 heteroatoms. The Morgan fingerprint density at radius 1 is 0.903 bits per heavy atom. The standard InChI is InChI=1S/C23H26N2O6/c1-3-15-16(13-7-9-14(10-8-13)23-25-24-12(2)30-23)5-4-6-17(15)22-21(29)20(28)19(27)18(11-26)31-22/h4-10,18-22,26-29H,3,11H2,1-2H3. The summed E-state index contributed by atoms with van der Waals surface area (Å²) in [5.41, 5.74) is 4.41. The minimum atomic E-state index is -1.42. The van der Waals surface area contributed by atoms with E-state index < -0.39 is 37.1 Å². The van der Waals surface area contributed by atoms with Gasteiger partial charge in [0.2, 0.25) is 11.8 Å². The second-order valence-corrected chi connectivity index (χ2v) is 7.68. The number of benzene rings is 2. The van der Waals surface area contributed by atoms with Crippen LogP contribution in [-0.4, -0.2) is 61.6 Å². The first-order chi connectivity index (χ1) is 14.9. The quantitative estimate of drug-likeness (QED) is 0.486. The van der Waals surface area contributed by atoms with Crippen molar-refractivity contribution in [1.29, 1.82) is 0 Å². The summed E-state index contributed by atoms with van der Waals surface area (Å²) in [4.78, 5) is 0. The van der Waals surface area contributed by atoms with E-state index in [1.54, 1.807) is 6.92 Å². The van der Waals surface area contributed by atoms with Gasteiger partial charge >= 0.3 is 0 Å². The lowest BCUT2D eigenvalue weighted by molar-refractivity contribution is -0.231. The van der Waals surface area contributed by atoms with Crippen molar-refractivity contribution in [3.63, 3.8) is 0 Å². The highest BCUT2D eigenvalue weighted by atomic mass is 16.5. The van der Waals surface area contributed by atoms with E-state index in [1.807, 2.05) is 49.4 Å². The molecule has 3 aromatic rings. The molecule has 2 heterocycles. The van der Waals surface area contributed by atoms with Gasteiger partial charge in [0.1, 0.15) is 30.5 Å². The van der Waals surface area contributed by atoms with Gasteiger partial charge in [-0.1, -0.05) is 37.3 Å². The Balaban J connectivity index is 1.70. The molecule has 4 N–H and O–H groups in total. The molecule has 0 spiro atoms. The topological polar surface area (TPSA) is 129 Å². The number of ether oxygens (including phenoxy) is 1. The molecule has 1 aromatic heterocycles. The van der Waals surface area contributed by atoms with Crippen LogP contribution in [0.1, 0.15) is 30.0 Å². The van der Waals surface area contributed by atoms with Crippen molar-refractivity contribution < 1.29 is 29.6 Å². The Labute approximate surface area is 179 Å². The number of nitrogens with zero attached hydrogens (tertiary/aromatic N) is 2. The third-order valence-electron chi connectivity index (χ3n) is 5.73. The molecule has 31 heavy (non-hydrogen) atoms. The van der Waals surface area contributed by atoms with Crippen LogP contribution in [0.5, 0.6) is 0 Å². The van der Waals surface area contributed by atoms with Crippen molar-refractivity contribution >= 4 is 0 Å². The molecule has 1 fully saturated rings. The zero-order valence-corrected chi connectivity index (χ0v) is 17.3. The minimum absolute atomic E-state index is 0.454. The Morgan fingerprint density at radius 3 is 2.23 bits per heavy atom. The fourth-order valence-electron chi connectivity index (χ4n) is 4.10. The highest BCUT2D eigenvalue weighted by Gasteiger charge is 2.44. The van der Waals surface area contributed by atoms with Gasteiger partial charge in [-0.3, -0.25) is 0 Å². The van der Waals surface area contributed by atoms with E-state index in [4.69, 9.17) is 9.15 Å². The van der Waals surface area contributed by atoms with E-state index in [0.29, 0.717) is 23.8 Å². The fraction of sp³-hybridized carbons (Fsp3) is 0.391. The lowest BCUT2D eigenvalue weighted by atomic mass is 9.85. The second kappa shape index (κ2) is 8.86. The SMILES string of the molecule is CCc1c(-c2ccc(-c3nnc(C)o3)cc2)cccc1C1OC(CO)C(O)C(O)C1O. The molecule has 0 saturated carbocycles. The molecule has 0 bridgehead atoms. The third-order valence-corrected chi connectivity index (χ3v) is 5.73. The van der Waals surface area contributed by atoms with E-state index in [1.165, 1.54) is 0 Å². The second-order valence-electron chi connectivity index (χ2n) is 7.68. The van der Waals surface area contributed by atoms with Gasteiger partial charge in [0.05, 0.1) is 6.61 Å². The van der Waals surface area contributed by atoms with Gasteiger partial charge in [-0.05, 0) is 40.8 Å². The van der Waals surface area contributed by atoms with Crippen molar-refractivity contribution in [3.8, 4) is 22.6 Å². The molecule has 0 amide bonds. The van der Waals surface area contributed by atoms with Crippen molar-refractivity contribution in [3.05, 3.63) is 59.5 Å². The van der Waals surface area contributed by atoms with Crippen molar-refractivity contribution in [2.24, 2.45) is 0 Å². The number of aliphatic hydroxyl groups excluding tert-OH is 4. The first-order valence-electron chi connectivity index (χ1n) is 10.3. The molecule has 1 aliphatic heterocycles. The molecule has 5 atom stereocenters. The average molecular weight is 426 g/mol. The number of hydrogen-bond donors (Lipinski definition) is 4. The largest absolute Gasteiger partial charge is 0.421 e. The van der Waals surface area contributed by atoms with E-state index in [-0.39, 0.29) is 0 Å². The molecular weight excluding hydrogens is 400 g/mol. The van der Waals surface area contributed by atoms with Crippen LogP contribution in [0.4, 0.5) is 0 Å². The zero-order valence-electron chi connectivity index (χ0n) is 17.3. The van der Waals surface area contributed by atoms with Crippen molar-refractivity contribution in [2.75, 3.05) is 6.61 Å². The summed E-state index contributed by atoms with van der Waals surface area (Å²) in [5.74, 6) is 0.953. The van der Waals surface area contributed by atoms with Crippen LogP contribution in [-0.2, 0) is 11.2 Å². The highest BCUT2D eigenvalue weighted by Crippen LogP contribution is 2.38. The third kappa shape index (κ3) is 4.00. The normalized spacial score (nSPS) is 26.2. The maximum absolute atomic E-state index is 10.6. The van der Waals surface area contributed by atoms with E-state index in [0.717, 1.165) is 22.3 Å². The highest BCUT2D eigenvalue weighted by molar-refractivity contribution is 5.71. The van der Waals surface area contributed by atoms with E-state index in [9.17, 15) is 20.4 Å². The van der Waals surface area contributed by atoms with Gasteiger partial charge in [-0.2, -0.15) is 0 Å². The molecule has 1 saturated heterocycles. The van der Waals surface area contributed by atoms with Crippen molar-refractivity contribution in [2.45, 2.75) is 50.8 Å². The smallest absolute Gasteiger partial charge is 0.247 e. The summed E-state index contributed by atoms with van der Waals surface area (Å²) in [6.07, 6.45) is -5.28. The Morgan fingerprint density at radius 2 is 1.61 bits per heavy atom. The maximum atomic E-state index is 10.6. The molecule has 2 aromatic carbocycles. The number of hydrogen-bond acceptors (Lipinski definition) is 8. The summed E-state index contributed by atoms with van der Waals surface area (Å²) in [5, 5.41) is 48.3. The monoisotopic (exact) mass is 426 g/mol. The molecule has 5 unspecified atom stereocenters. The predicted molar refractivity (Wildman–Crippen MR) is 112 cm³/mol. The van der Waals surface area contributed by atoms with Gasteiger partial charge in [0.25, 0.3) is 0 Å². The minimum Gasteiger partial charge on any atom is -0.421 e. The van der Waals surface area contributed by atoms with Crippen LogP contribution < -0.4 is 0 Å². The predicted octanol–water partition coefficient (Wildman–Crippen LogP) is 1.79. The summed E-state index contributed by atoms with van der Waals surface area (Å²) < 4.78 is 11.3. The summed E-state index contributed by atoms with van der Waals surface area (Å²) in [7, 11) is 0. The first kappa shape index (κ1) is 21.6. The fourth-order valence-corrected chi connectivity index (χ4v) is 4.10. The summed E-state index contributed by atoms with van der Waals surface area (Å²) in [6, 6.07) is 13.4. The Kier molecular flexibility index (Phi) is 6.17. The summed E-state index contributed by atoms with van der Waals surface area (Å²) in [6.45, 7) is 3.28. The molecule has 8 nitrogen and oxygen atoms in total. The van der Waals surface area contributed by atoms with Crippen LogP contribution in [0.25, 0.3) is 22.6 Å². The van der Waals surface area contributed by atoms with Gasteiger partial charge in [0, 0.05) is 12.5 Å². The van der Waals surface area contributed by atoms with Gasteiger partial charge < -0.3 is 29.6 Å². The zero-order chi connectivity index (χ0) is 22.1. The van der Waals surface area contributed by atoms with Gasteiger partial charge in [-0.15, -0.1) is 10.2 Å². The van der Waals surface area contributed by atoms with E-state index >= 15 is 0 Å². The van der Waals surface area contributed by atoms with Crippen LogP contribution in [0.2, 0.25) is 0 Å². The molecule has 0 aliphatic carbocycles. The lowest BCUT2D eigenvalue weighted by Crippen LogP contribution is -2.55. The lowest BCUT2D eigenvalue weighted by Gasteiger charge is -2.41. The van der Waals surface area contributed by atoms with Crippen LogP contribution in [0.15, 0.2) is 46.9 Å². The molecule has 1 aliphatic rings. The van der Waals surface area contributed by atoms with Gasteiger partial charge in [0.15, 0.2) is 0 Å². The number of rotatable bonds is 5. The van der Waals surface area contributed by atoms with Crippen molar-refractivity contribution in [1.82, 2.24) is 10.2 Å². The summed E-state index contributed by atoms with van der Waals surface area (Å²) >= 11 is 0. The number of aryl methyl sites for hydroxylation is 1. The Hall–Kier alpha value is -2.62. The Bertz CT molecular complexity index is 1030. The average Bonchev–Trinajstić information content (AvgIpc) is 3.23. The van der Waals surface area contributed by atoms with Crippen LogP contribution >= 0.6 is 0 Å². The van der Waals surface area contributed by atoms with Crippen LogP contribution in [0.3, 0.4) is 0 Å². The maximum Gasteiger partial charge on any atom is 0.247 e.